The highest BCUT2D eigenvalue weighted by molar-refractivity contribution is 9.18. The normalized spacial score (nSPS) is 11.1. The Morgan fingerprint density at radius 2 is 2.25 bits per heavy atom. The Morgan fingerprint density at radius 3 is 2.38 bits per heavy atom. The van der Waals surface area contributed by atoms with Crippen LogP contribution in [0.1, 0.15) is 6.92 Å². The van der Waals surface area contributed by atoms with Crippen LogP contribution >= 0.6 is 15.9 Å². The van der Waals surface area contributed by atoms with Crippen LogP contribution in [0.5, 0.6) is 0 Å². The smallest absolute Gasteiger partial charge is 0.0983 e. The molecule has 0 aromatic rings. The van der Waals surface area contributed by atoms with Crippen molar-refractivity contribution in [2.45, 2.75) is 6.92 Å². The maximum absolute atomic E-state index is 6.93. The van der Waals surface area contributed by atoms with Crippen molar-refractivity contribution >= 4 is 20.6 Å². The summed E-state index contributed by atoms with van der Waals surface area (Å²) in [5.74, 6) is 0. The van der Waals surface area contributed by atoms with Gasteiger partial charge < -0.3 is 5.32 Å². The van der Waals surface area contributed by atoms with Crippen LogP contribution in [-0.2, 0) is 0 Å². The second-order valence-electron chi connectivity index (χ2n) is 1.43. The van der Waals surface area contributed by atoms with E-state index in [4.69, 9.17) is 5.41 Å². The number of allylic oxidation sites excluding steroid dienone is 2. The molecule has 0 fully saturated rings. The third-order valence-corrected chi connectivity index (χ3v) is 0.966. The molecule has 2 nitrogen and oxygen atoms in total. The van der Waals surface area contributed by atoms with Crippen LogP contribution in [0.4, 0.5) is 0 Å². The quantitative estimate of drug-likeness (QED) is 0.615. The SMILES string of the molecule is CN/C(C)=C\C(=N)Br. The average molecular weight is 177 g/mol. The summed E-state index contributed by atoms with van der Waals surface area (Å²) in [4.78, 5) is 0. The van der Waals surface area contributed by atoms with Crippen LogP contribution in [0.3, 0.4) is 0 Å². The summed E-state index contributed by atoms with van der Waals surface area (Å²) in [5, 5.41) is 9.81. The van der Waals surface area contributed by atoms with Gasteiger partial charge in [-0.3, -0.25) is 5.41 Å². The first-order valence-electron chi connectivity index (χ1n) is 2.27. The summed E-state index contributed by atoms with van der Waals surface area (Å²) in [6, 6.07) is 0. The first kappa shape index (κ1) is 7.69. The van der Waals surface area contributed by atoms with E-state index in [1.165, 1.54) is 0 Å². The molecule has 8 heavy (non-hydrogen) atoms. The Bertz CT molecular complexity index is 118. The van der Waals surface area contributed by atoms with Crippen LogP contribution in [0.15, 0.2) is 11.8 Å². The summed E-state index contributed by atoms with van der Waals surface area (Å²) >= 11 is 2.98. The summed E-state index contributed by atoms with van der Waals surface area (Å²) in [5.41, 5.74) is 0.979. The minimum Gasteiger partial charge on any atom is -0.392 e. The maximum Gasteiger partial charge on any atom is 0.0983 e. The van der Waals surface area contributed by atoms with Crippen LogP contribution in [0, 0.1) is 5.41 Å². The molecular formula is C5H9BrN2. The molecule has 46 valence electrons. The molecular weight excluding hydrogens is 168 g/mol. The van der Waals surface area contributed by atoms with Gasteiger partial charge in [0, 0.05) is 12.7 Å². The standard InChI is InChI=1S/C5H9BrN2/c1-4(8-2)3-5(6)7/h3,7-8H,1-2H3/b4-3-,7-5?. The fraction of sp³-hybridized carbons (Fsp3) is 0.400. The zero-order chi connectivity index (χ0) is 6.57. The predicted octanol–water partition coefficient (Wildman–Crippen LogP) is 1.48. The minimum absolute atomic E-state index is 0.393. The average Bonchev–Trinajstić information content (AvgIpc) is 1.65. The number of hydrogen-bond acceptors (Lipinski definition) is 2. The van der Waals surface area contributed by atoms with Crippen LogP contribution in [0.25, 0.3) is 0 Å². The molecule has 0 aliphatic carbocycles. The first-order chi connectivity index (χ1) is 3.66. The van der Waals surface area contributed by atoms with E-state index < -0.39 is 0 Å². The van der Waals surface area contributed by atoms with Crippen molar-refractivity contribution < 1.29 is 0 Å². The molecule has 2 N–H and O–H groups in total. The molecule has 0 atom stereocenters. The van der Waals surface area contributed by atoms with Crippen molar-refractivity contribution in [3.05, 3.63) is 11.8 Å². The molecule has 0 aliphatic rings. The Balaban J connectivity index is 3.75. The van der Waals surface area contributed by atoms with E-state index >= 15 is 0 Å². The Hall–Kier alpha value is -0.310. The molecule has 0 spiro atoms. The van der Waals surface area contributed by atoms with E-state index in [0.717, 1.165) is 5.70 Å². The highest BCUT2D eigenvalue weighted by Crippen LogP contribution is 1.91. The van der Waals surface area contributed by atoms with Crippen LogP contribution in [0.2, 0.25) is 0 Å². The predicted molar refractivity (Wildman–Crippen MR) is 39.5 cm³/mol. The lowest BCUT2D eigenvalue weighted by Crippen LogP contribution is -2.02. The lowest BCUT2D eigenvalue weighted by Gasteiger charge is -1.94. The molecule has 0 aliphatic heterocycles. The first-order valence-corrected chi connectivity index (χ1v) is 3.06. The lowest BCUT2D eigenvalue weighted by molar-refractivity contribution is 0.993. The van der Waals surface area contributed by atoms with Gasteiger partial charge in [-0.1, -0.05) is 0 Å². The third-order valence-electron chi connectivity index (χ3n) is 0.738. The summed E-state index contributed by atoms with van der Waals surface area (Å²) in [6.45, 7) is 1.90. The van der Waals surface area contributed by atoms with Gasteiger partial charge in [0.05, 0.1) is 4.62 Å². The molecule has 0 saturated carbocycles. The molecule has 0 unspecified atom stereocenters. The summed E-state index contributed by atoms with van der Waals surface area (Å²) in [7, 11) is 1.82. The van der Waals surface area contributed by atoms with E-state index in [9.17, 15) is 0 Å². The maximum atomic E-state index is 6.93. The van der Waals surface area contributed by atoms with Gasteiger partial charge in [0.25, 0.3) is 0 Å². The van der Waals surface area contributed by atoms with Gasteiger partial charge in [-0.15, -0.1) is 0 Å². The minimum atomic E-state index is 0.393. The fourth-order valence-electron chi connectivity index (χ4n) is 0.262. The van der Waals surface area contributed by atoms with Gasteiger partial charge in [-0.25, -0.2) is 0 Å². The van der Waals surface area contributed by atoms with Gasteiger partial charge >= 0.3 is 0 Å². The molecule has 0 heterocycles. The molecule has 3 heteroatoms. The Morgan fingerprint density at radius 1 is 1.75 bits per heavy atom. The largest absolute Gasteiger partial charge is 0.392 e. The van der Waals surface area contributed by atoms with Crippen molar-refractivity contribution in [1.29, 1.82) is 5.41 Å². The van der Waals surface area contributed by atoms with Crippen molar-refractivity contribution in [3.8, 4) is 0 Å². The molecule has 0 rings (SSSR count). The van der Waals surface area contributed by atoms with Crippen molar-refractivity contribution in [3.63, 3.8) is 0 Å². The molecule has 0 amide bonds. The van der Waals surface area contributed by atoms with E-state index in [1.807, 2.05) is 14.0 Å². The monoisotopic (exact) mass is 176 g/mol. The van der Waals surface area contributed by atoms with Gasteiger partial charge in [0.2, 0.25) is 0 Å². The zero-order valence-electron chi connectivity index (χ0n) is 4.96. The molecule has 0 aromatic carbocycles. The topological polar surface area (TPSA) is 35.9 Å². The van der Waals surface area contributed by atoms with Gasteiger partial charge in [0.1, 0.15) is 0 Å². The Labute approximate surface area is 57.6 Å². The highest BCUT2D eigenvalue weighted by atomic mass is 79.9. The van der Waals surface area contributed by atoms with Gasteiger partial charge in [-0.05, 0) is 28.9 Å². The summed E-state index contributed by atoms with van der Waals surface area (Å²) in [6.07, 6.45) is 1.69. The van der Waals surface area contributed by atoms with Crippen molar-refractivity contribution in [2.75, 3.05) is 7.05 Å². The van der Waals surface area contributed by atoms with E-state index in [1.54, 1.807) is 6.08 Å². The van der Waals surface area contributed by atoms with E-state index in [2.05, 4.69) is 21.2 Å². The number of hydrogen-bond donors (Lipinski definition) is 2. The third kappa shape index (κ3) is 3.87. The number of nitrogens with one attached hydrogen (secondary N) is 2. The Kier molecular flexibility index (Phi) is 3.52. The number of halogens is 1. The van der Waals surface area contributed by atoms with E-state index in [-0.39, 0.29) is 0 Å². The highest BCUT2D eigenvalue weighted by Gasteiger charge is 1.82. The number of rotatable bonds is 2. The molecule has 0 radical (unpaired) electrons. The summed E-state index contributed by atoms with van der Waals surface area (Å²) < 4.78 is 0.393. The second-order valence-corrected chi connectivity index (χ2v) is 2.28. The molecule has 0 aromatic heterocycles. The lowest BCUT2D eigenvalue weighted by atomic mass is 10.4. The van der Waals surface area contributed by atoms with E-state index in [0.29, 0.717) is 4.62 Å². The van der Waals surface area contributed by atoms with Gasteiger partial charge in [-0.2, -0.15) is 0 Å². The van der Waals surface area contributed by atoms with Crippen LogP contribution in [-0.4, -0.2) is 11.7 Å². The van der Waals surface area contributed by atoms with Crippen molar-refractivity contribution in [1.82, 2.24) is 5.32 Å². The van der Waals surface area contributed by atoms with Gasteiger partial charge in [0.15, 0.2) is 0 Å². The molecule has 0 bridgehead atoms. The van der Waals surface area contributed by atoms with Crippen LogP contribution < -0.4 is 5.32 Å². The zero-order valence-corrected chi connectivity index (χ0v) is 6.54. The van der Waals surface area contributed by atoms with Crippen molar-refractivity contribution in [2.24, 2.45) is 0 Å². The second kappa shape index (κ2) is 3.66. The fourth-order valence-corrected chi connectivity index (χ4v) is 0.606. The molecule has 0 saturated heterocycles.